The predicted molar refractivity (Wildman–Crippen MR) is 97.2 cm³/mol. The molecule has 2 fully saturated rings. The molecule has 1 aromatic carbocycles. The van der Waals surface area contributed by atoms with Crippen molar-refractivity contribution in [3.63, 3.8) is 0 Å². The smallest absolute Gasteiger partial charge is 0.221 e. The molecular formula is C17H24BrClN2O2. The van der Waals surface area contributed by atoms with E-state index >= 15 is 0 Å². The van der Waals surface area contributed by atoms with E-state index < -0.39 is 0 Å². The number of morpholine rings is 1. The highest BCUT2D eigenvalue weighted by atomic mass is 79.9. The van der Waals surface area contributed by atoms with Crippen LogP contribution in [0.15, 0.2) is 28.7 Å². The van der Waals surface area contributed by atoms with Crippen LogP contribution in [-0.2, 0) is 14.9 Å². The maximum Gasteiger partial charge on any atom is 0.221 e. The monoisotopic (exact) mass is 402 g/mol. The Morgan fingerprint density at radius 1 is 1.35 bits per heavy atom. The molecule has 1 aliphatic carbocycles. The van der Waals surface area contributed by atoms with Gasteiger partial charge in [0.25, 0.3) is 0 Å². The first-order valence-corrected chi connectivity index (χ1v) is 8.81. The van der Waals surface area contributed by atoms with Crippen LogP contribution in [-0.4, -0.2) is 38.3 Å². The third-order valence-corrected chi connectivity index (χ3v) is 5.35. The molecule has 1 saturated heterocycles. The van der Waals surface area contributed by atoms with Crippen LogP contribution in [0.3, 0.4) is 0 Å². The molecule has 1 amide bonds. The zero-order chi connectivity index (χ0) is 15.4. The fraction of sp³-hybridized carbons (Fsp3) is 0.588. The standard InChI is InChI=1S/C17H23BrN2O2.ClH/c18-14-4-2-13(3-5-14)17(6-1-7-17)12-20-16(21)10-15-11-22-9-8-19-15;/h2-5,15,19H,1,6-12H2,(H,20,21);1H. The molecule has 1 unspecified atom stereocenters. The van der Waals surface area contributed by atoms with Crippen LogP contribution in [0.25, 0.3) is 0 Å². The normalized spacial score (nSPS) is 22.6. The Bertz CT molecular complexity index is 514. The quantitative estimate of drug-likeness (QED) is 0.795. The zero-order valence-corrected chi connectivity index (χ0v) is 15.5. The highest BCUT2D eigenvalue weighted by Crippen LogP contribution is 2.43. The Kier molecular flexibility index (Phi) is 6.89. The summed E-state index contributed by atoms with van der Waals surface area (Å²) in [6.45, 7) is 2.94. The molecule has 0 aromatic heterocycles. The van der Waals surface area contributed by atoms with E-state index in [0.717, 1.165) is 37.0 Å². The molecule has 1 atom stereocenters. The Labute approximate surface area is 152 Å². The number of amides is 1. The Morgan fingerprint density at radius 2 is 2.09 bits per heavy atom. The summed E-state index contributed by atoms with van der Waals surface area (Å²) >= 11 is 3.48. The molecule has 128 valence electrons. The van der Waals surface area contributed by atoms with Crippen molar-refractivity contribution < 1.29 is 9.53 Å². The van der Waals surface area contributed by atoms with Gasteiger partial charge in [-0.3, -0.25) is 4.79 Å². The van der Waals surface area contributed by atoms with Gasteiger partial charge in [0, 0.05) is 35.4 Å². The summed E-state index contributed by atoms with van der Waals surface area (Å²) in [5.74, 6) is 0.117. The number of rotatable bonds is 5. The summed E-state index contributed by atoms with van der Waals surface area (Å²) in [6.07, 6.45) is 4.04. The van der Waals surface area contributed by atoms with E-state index in [2.05, 4.69) is 50.8 Å². The second-order valence-electron chi connectivity index (χ2n) is 6.35. The molecular weight excluding hydrogens is 380 g/mol. The lowest BCUT2D eigenvalue weighted by atomic mass is 9.64. The Morgan fingerprint density at radius 3 is 2.65 bits per heavy atom. The van der Waals surface area contributed by atoms with Crippen molar-refractivity contribution in [3.8, 4) is 0 Å². The lowest BCUT2D eigenvalue weighted by Crippen LogP contribution is -2.48. The van der Waals surface area contributed by atoms with Crippen LogP contribution < -0.4 is 10.6 Å². The maximum atomic E-state index is 12.2. The van der Waals surface area contributed by atoms with E-state index in [4.69, 9.17) is 4.74 Å². The number of halogens is 2. The van der Waals surface area contributed by atoms with Crippen LogP contribution in [0.2, 0.25) is 0 Å². The van der Waals surface area contributed by atoms with Gasteiger partial charge in [0.05, 0.1) is 13.2 Å². The van der Waals surface area contributed by atoms with E-state index in [1.54, 1.807) is 0 Å². The molecule has 1 heterocycles. The van der Waals surface area contributed by atoms with Crippen LogP contribution >= 0.6 is 28.3 Å². The van der Waals surface area contributed by atoms with Crippen LogP contribution in [0, 0.1) is 0 Å². The number of hydrogen-bond donors (Lipinski definition) is 2. The minimum Gasteiger partial charge on any atom is -0.378 e. The molecule has 0 radical (unpaired) electrons. The molecule has 1 aromatic rings. The number of carbonyl (C=O) groups is 1. The number of ether oxygens (including phenoxy) is 1. The summed E-state index contributed by atoms with van der Waals surface area (Å²) in [4.78, 5) is 12.2. The van der Waals surface area contributed by atoms with Gasteiger partial charge in [-0.25, -0.2) is 0 Å². The fourth-order valence-corrected chi connectivity index (χ4v) is 3.55. The molecule has 6 heteroatoms. The van der Waals surface area contributed by atoms with Crippen LogP contribution in [0.4, 0.5) is 0 Å². The van der Waals surface area contributed by atoms with Crippen molar-refractivity contribution in [3.05, 3.63) is 34.3 Å². The van der Waals surface area contributed by atoms with Gasteiger partial charge in [0.1, 0.15) is 0 Å². The van der Waals surface area contributed by atoms with Gasteiger partial charge in [-0.15, -0.1) is 12.4 Å². The van der Waals surface area contributed by atoms with E-state index in [0.29, 0.717) is 13.0 Å². The van der Waals surface area contributed by atoms with E-state index in [1.807, 2.05) is 0 Å². The first kappa shape index (κ1) is 18.7. The minimum absolute atomic E-state index is 0. The summed E-state index contributed by atoms with van der Waals surface area (Å²) in [5, 5.41) is 6.46. The summed E-state index contributed by atoms with van der Waals surface area (Å²) < 4.78 is 6.49. The minimum atomic E-state index is 0. The van der Waals surface area contributed by atoms with Gasteiger partial charge in [-0.05, 0) is 30.5 Å². The molecule has 23 heavy (non-hydrogen) atoms. The van der Waals surface area contributed by atoms with Crippen molar-refractivity contribution in [2.75, 3.05) is 26.3 Å². The second kappa shape index (κ2) is 8.47. The zero-order valence-electron chi connectivity index (χ0n) is 13.1. The third kappa shape index (κ3) is 4.69. The first-order valence-electron chi connectivity index (χ1n) is 8.02. The number of hydrogen-bond acceptors (Lipinski definition) is 3. The number of benzene rings is 1. The SMILES string of the molecule is Cl.O=C(CC1COCCN1)NCC1(c2ccc(Br)cc2)CCC1. The van der Waals surface area contributed by atoms with Crippen molar-refractivity contribution in [1.29, 1.82) is 0 Å². The topological polar surface area (TPSA) is 50.4 Å². The highest BCUT2D eigenvalue weighted by molar-refractivity contribution is 9.10. The molecule has 2 N–H and O–H groups in total. The van der Waals surface area contributed by atoms with Crippen LogP contribution in [0.1, 0.15) is 31.2 Å². The Hall–Kier alpha value is -0.620. The van der Waals surface area contributed by atoms with Crippen molar-refractivity contribution in [1.82, 2.24) is 10.6 Å². The van der Waals surface area contributed by atoms with Crippen molar-refractivity contribution in [2.45, 2.75) is 37.1 Å². The summed E-state index contributed by atoms with van der Waals surface area (Å²) in [5.41, 5.74) is 1.47. The van der Waals surface area contributed by atoms with Crippen LogP contribution in [0.5, 0.6) is 0 Å². The summed E-state index contributed by atoms with van der Waals surface area (Å²) in [7, 11) is 0. The second-order valence-corrected chi connectivity index (χ2v) is 7.26. The number of carbonyl (C=O) groups excluding carboxylic acids is 1. The molecule has 1 aliphatic heterocycles. The highest BCUT2D eigenvalue weighted by Gasteiger charge is 2.38. The summed E-state index contributed by atoms with van der Waals surface area (Å²) in [6, 6.07) is 8.66. The average Bonchev–Trinajstić information content (AvgIpc) is 2.49. The lowest BCUT2D eigenvalue weighted by molar-refractivity contribution is -0.122. The average molecular weight is 404 g/mol. The number of nitrogens with one attached hydrogen (secondary N) is 2. The molecule has 0 spiro atoms. The third-order valence-electron chi connectivity index (χ3n) is 4.82. The van der Waals surface area contributed by atoms with Gasteiger partial charge in [0.2, 0.25) is 5.91 Å². The van der Waals surface area contributed by atoms with Gasteiger partial charge >= 0.3 is 0 Å². The van der Waals surface area contributed by atoms with Gasteiger partial charge in [-0.2, -0.15) is 0 Å². The van der Waals surface area contributed by atoms with Gasteiger partial charge < -0.3 is 15.4 Å². The molecule has 1 saturated carbocycles. The largest absolute Gasteiger partial charge is 0.378 e. The predicted octanol–water partition coefficient (Wildman–Crippen LogP) is 2.79. The first-order chi connectivity index (χ1) is 10.7. The molecule has 4 nitrogen and oxygen atoms in total. The molecule has 3 rings (SSSR count). The van der Waals surface area contributed by atoms with E-state index in [1.165, 1.54) is 12.0 Å². The van der Waals surface area contributed by atoms with E-state index in [-0.39, 0.29) is 29.8 Å². The van der Waals surface area contributed by atoms with Gasteiger partial charge in [0.15, 0.2) is 0 Å². The molecule has 0 bridgehead atoms. The maximum absolute atomic E-state index is 12.2. The fourth-order valence-electron chi connectivity index (χ4n) is 3.29. The molecule has 2 aliphatic rings. The van der Waals surface area contributed by atoms with Crippen molar-refractivity contribution >= 4 is 34.2 Å². The van der Waals surface area contributed by atoms with E-state index in [9.17, 15) is 4.79 Å². The van der Waals surface area contributed by atoms with Crippen molar-refractivity contribution in [2.24, 2.45) is 0 Å². The van der Waals surface area contributed by atoms with Gasteiger partial charge in [-0.1, -0.05) is 34.5 Å². The Balaban J connectivity index is 0.00000192. The lowest BCUT2D eigenvalue weighted by Gasteiger charge is -2.42.